The normalized spacial score (nSPS) is 14.8. The van der Waals surface area contributed by atoms with Crippen LogP contribution in [0.4, 0.5) is 0 Å². The average molecular weight is 1490 g/mol. The second kappa shape index (κ2) is 75.6. The Bertz CT molecular complexity index is 2640. The highest BCUT2D eigenvalue weighted by atomic mass is 31.2. The van der Waals surface area contributed by atoms with Gasteiger partial charge in [-0.2, -0.15) is 0 Å². The van der Waals surface area contributed by atoms with Gasteiger partial charge in [-0.25, -0.2) is 9.13 Å². The minimum Gasteiger partial charge on any atom is -0.462 e. The molecule has 0 saturated carbocycles. The highest BCUT2D eigenvalue weighted by Crippen LogP contribution is 2.45. The molecule has 0 aliphatic rings. The van der Waals surface area contributed by atoms with Gasteiger partial charge in [-0.15, -0.1) is 0 Å². The Morgan fingerprint density at radius 2 is 0.538 bits per heavy atom. The topological polar surface area (TPSA) is 237 Å². The lowest BCUT2D eigenvalue weighted by Crippen LogP contribution is -2.30. The first-order valence-electron chi connectivity index (χ1n) is 39.4. The van der Waals surface area contributed by atoms with Gasteiger partial charge in [-0.05, 0) is 148 Å². The second-order valence-electron chi connectivity index (χ2n) is 25.5. The molecule has 590 valence electrons. The van der Waals surface area contributed by atoms with Crippen molar-refractivity contribution in [2.75, 3.05) is 39.6 Å². The van der Waals surface area contributed by atoms with E-state index in [1.807, 2.05) is 18.2 Å². The van der Waals surface area contributed by atoms with Crippen LogP contribution in [0.5, 0.6) is 0 Å². The number of rotatable bonds is 72. The first kappa shape index (κ1) is 98.4. The van der Waals surface area contributed by atoms with Crippen LogP contribution in [0.15, 0.2) is 170 Å². The molecule has 0 rings (SSSR count). The lowest BCUT2D eigenvalue weighted by molar-refractivity contribution is -0.161. The van der Waals surface area contributed by atoms with Crippen LogP contribution >= 0.6 is 15.6 Å². The number of esters is 4. The number of allylic oxidation sites excluding steroid dienone is 27. The van der Waals surface area contributed by atoms with E-state index in [2.05, 4.69) is 174 Å². The molecular weight excluding hydrogens is 1350 g/mol. The minimum absolute atomic E-state index is 0.0595. The zero-order valence-electron chi connectivity index (χ0n) is 64.4. The van der Waals surface area contributed by atoms with E-state index in [1.165, 1.54) is 6.42 Å². The standard InChI is InChI=1S/C85H138O17P2/c1-5-9-13-17-21-25-29-32-35-37-39-41-44-47-51-54-58-62-66-70-83(88)96-76-81(102-85(90)72-68-64-60-56-52-48-45-42-40-38-36-33-30-26-22-18-14-10-6-2)78-100-104(93,94)98-74-79(86)73-97-103(91,92)99-77-80(101-84(89)71-67-63-59-55-49-28-24-20-16-12-8-4)75-95-82(87)69-65-61-57-53-50-46-43-34-31-27-23-19-15-11-7-3/h9-11,13-15,20-27,32-36,39-43,50,53,61,65,79-81,86H,5-8,12,16-19,28-31,37-38,44-49,51-52,54-60,62-64,66-78H2,1-4H3,(H,91,92)(H,93,94)/b13-9-,14-10-,15-11-,24-20-,25-21-,26-22-,27-23-,35-32-,36-33-,41-39-,42-40-,43-34-,53-50-,65-61-. The van der Waals surface area contributed by atoms with Crippen molar-refractivity contribution in [3.8, 4) is 0 Å². The highest BCUT2D eigenvalue weighted by Gasteiger charge is 2.30. The van der Waals surface area contributed by atoms with Crippen LogP contribution < -0.4 is 0 Å². The zero-order valence-corrected chi connectivity index (χ0v) is 66.2. The van der Waals surface area contributed by atoms with Crippen molar-refractivity contribution in [3.05, 3.63) is 170 Å². The summed E-state index contributed by atoms with van der Waals surface area (Å²) in [6.07, 6.45) is 89.4. The third kappa shape index (κ3) is 74.7. The van der Waals surface area contributed by atoms with Gasteiger partial charge in [0.25, 0.3) is 0 Å². The lowest BCUT2D eigenvalue weighted by Gasteiger charge is -2.21. The number of carbonyl (C=O) groups excluding carboxylic acids is 4. The van der Waals surface area contributed by atoms with E-state index in [9.17, 15) is 43.2 Å². The molecule has 19 heteroatoms. The van der Waals surface area contributed by atoms with Crippen LogP contribution in [-0.4, -0.2) is 96.7 Å². The summed E-state index contributed by atoms with van der Waals surface area (Å²) in [6, 6.07) is 0. The monoisotopic (exact) mass is 1490 g/mol. The predicted octanol–water partition coefficient (Wildman–Crippen LogP) is 23.0. The van der Waals surface area contributed by atoms with E-state index in [0.29, 0.717) is 25.7 Å². The quantitative estimate of drug-likeness (QED) is 0.0169. The Kier molecular flexibility index (Phi) is 71.6. The minimum atomic E-state index is -5.00. The van der Waals surface area contributed by atoms with Crippen LogP contribution in [-0.2, 0) is 65.4 Å². The molecule has 0 spiro atoms. The molecule has 0 aliphatic heterocycles. The first-order chi connectivity index (χ1) is 50.7. The van der Waals surface area contributed by atoms with Gasteiger partial charge >= 0.3 is 39.5 Å². The molecule has 5 atom stereocenters. The number of carbonyl (C=O) groups is 4. The fraction of sp³-hybridized carbons (Fsp3) is 0.624. The molecule has 5 unspecified atom stereocenters. The van der Waals surface area contributed by atoms with Gasteiger partial charge < -0.3 is 33.8 Å². The maximum atomic E-state index is 13.1. The molecule has 3 N–H and O–H groups in total. The molecular formula is C85H138O17P2. The molecule has 0 bridgehead atoms. The van der Waals surface area contributed by atoms with Crippen molar-refractivity contribution in [3.63, 3.8) is 0 Å². The van der Waals surface area contributed by atoms with Crippen LogP contribution in [0.2, 0.25) is 0 Å². The van der Waals surface area contributed by atoms with Crippen molar-refractivity contribution in [1.29, 1.82) is 0 Å². The number of ether oxygens (including phenoxy) is 4. The highest BCUT2D eigenvalue weighted by molar-refractivity contribution is 7.47. The van der Waals surface area contributed by atoms with E-state index < -0.39 is 97.5 Å². The molecule has 104 heavy (non-hydrogen) atoms. The second-order valence-corrected chi connectivity index (χ2v) is 28.4. The van der Waals surface area contributed by atoms with Gasteiger partial charge in [-0.3, -0.25) is 37.3 Å². The summed E-state index contributed by atoms with van der Waals surface area (Å²) in [7, 11) is -10.0. The summed E-state index contributed by atoms with van der Waals surface area (Å²) >= 11 is 0. The number of aliphatic hydroxyl groups is 1. The van der Waals surface area contributed by atoms with Gasteiger partial charge in [0, 0.05) is 19.3 Å². The molecule has 0 aromatic heterocycles. The Balaban J connectivity index is 5.44. The van der Waals surface area contributed by atoms with Crippen molar-refractivity contribution in [1.82, 2.24) is 0 Å². The summed E-state index contributed by atoms with van der Waals surface area (Å²) in [4.78, 5) is 72.9. The maximum Gasteiger partial charge on any atom is 0.472 e. The molecule has 0 fully saturated rings. The predicted molar refractivity (Wildman–Crippen MR) is 426 cm³/mol. The van der Waals surface area contributed by atoms with Crippen molar-refractivity contribution in [2.45, 2.75) is 303 Å². The molecule has 0 aromatic rings. The van der Waals surface area contributed by atoms with Gasteiger partial charge in [-0.1, -0.05) is 281 Å². The van der Waals surface area contributed by atoms with Crippen LogP contribution in [0.3, 0.4) is 0 Å². The molecule has 0 saturated heterocycles. The largest absolute Gasteiger partial charge is 0.472 e. The van der Waals surface area contributed by atoms with Gasteiger partial charge in [0.15, 0.2) is 12.2 Å². The summed E-state index contributed by atoms with van der Waals surface area (Å²) in [5, 5.41) is 10.6. The molecule has 0 aromatic carbocycles. The van der Waals surface area contributed by atoms with Crippen molar-refractivity contribution >= 4 is 39.5 Å². The number of phosphoric acid groups is 2. The number of unbranched alkanes of at least 4 members (excludes halogenated alkanes) is 19. The Morgan fingerprint density at radius 3 is 0.865 bits per heavy atom. The van der Waals surface area contributed by atoms with E-state index >= 15 is 0 Å². The van der Waals surface area contributed by atoms with Crippen molar-refractivity contribution < 1.29 is 80.2 Å². The maximum absolute atomic E-state index is 13.1. The van der Waals surface area contributed by atoms with Crippen LogP contribution in [0, 0.1) is 0 Å². The van der Waals surface area contributed by atoms with Crippen molar-refractivity contribution in [2.24, 2.45) is 0 Å². The SMILES string of the molecule is CC/C=C\C/C=C\C/C=C\C/C=C\C/C=C\CC(=O)OCC(COP(=O)(O)OCC(O)COP(=O)(O)OCC(COC(=O)CCCCCCCC/C=C\C/C=C\C/C=C\C/C=C\CC)OC(=O)CCCCCCCC/C=C\C/C=C\C/C=C\C/C=C\CC)OC(=O)CCCCCCC/C=C\CCCC. The Hall–Kier alpha value is -5.58. The van der Waals surface area contributed by atoms with E-state index in [1.54, 1.807) is 6.08 Å². The Labute approximate surface area is 629 Å². The summed E-state index contributed by atoms with van der Waals surface area (Å²) < 4.78 is 68.4. The Morgan fingerprint density at radius 1 is 0.288 bits per heavy atom. The van der Waals surface area contributed by atoms with Gasteiger partial charge in [0.1, 0.15) is 19.3 Å². The summed E-state index contributed by atoms with van der Waals surface area (Å²) in [5.74, 6) is -2.38. The summed E-state index contributed by atoms with van der Waals surface area (Å²) in [5.41, 5.74) is 0. The average Bonchev–Trinajstić information content (AvgIpc) is 0.928. The molecule has 0 amide bonds. The fourth-order valence-electron chi connectivity index (χ4n) is 9.78. The number of hydrogen-bond acceptors (Lipinski definition) is 15. The van der Waals surface area contributed by atoms with Gasteiger partial charge in [0.05, 0.1) is 32.8 Å². The number of hydrogen-bond donors (Lipinski definition) is 3. The van der Waals surface area contributed by atoms with E-state index in [-0.39, 0.29) is 25.7 Å². The molecule has 0 radical (unpaired) electrons. The lowest BCUT2D eigenvalue weighted by atomic mass is 10.1. The molecule has 0 heterocycles. The third-order valence-corrected chi connectivity index (χ3v) is 17.6. The first-order valence-corrected chi connectivity index (χ1v) is 42.4. The summed E-state index contributed by atoms with van der Waals surface area (Å²) in [6.45, 7) is 4.32. The van der Waals surface area contributed by atoms with E-state index in [4.69, 9.17) is 37.0 Å². The van der Waals surface area contributed by atoms with E-state index in [0.717, 1.165) is 199 Å². The van der Waals surface area contributed by atoms with Gasteiger partial charge in [0.2, 0.25) is 0 Å². The van der Waals surface area contributed by atoms with Crippen LogP contribution in [0.1, 0.15) is 285 Å². The fourth-order valence-corrected chi connectivity index (χ4v) is 11.4. The number of aliphatic hydroxyl groups excluding tert-OH is 1. The third-order valence-electron chi connectivity index (χ3n) is 15.7. The molecule has 17 nitrogen and oxygen atoms in total. The number of phosphoric ester groups is 2. The van der Waals surface area contributed by atoms with Crippen LogP contribution in [0.25, 0.3) is 0 Å². The smallest absolute Gasteiger partial charge is 0.462 e. The zero-order chi connectivity index (χ0) is 76.0. The molecule has 0 aliphatic carbocycles.